The standard InChI is InChI=1S/C21H14F8N8O5S/c22-13-3-9(19(23,24)20(25,26)21(27,28)29)5-30-16(13)32-17(39)12-4-11(37(40)41)1-2-14(12)43-18-33-34-35-36(18)6-15(38)31-10-7-42-8-10/h1-5,10H,6-8H2,(H,31,38)(H,30,32,39). The molecule has 0 radical (unpaired) electrons. The molecule has 4 rings (SSSR count). The summed E-state index contributed by atoms with van der Waals surface area (Å²) in [6, 6.07) is 2.21. The maximum absolute atomic E-state index is 14.5. The van der Waals surface area contributed by atoms with Gasteiger partial charge in [0.15, 0.2) is 11.6 Å². The Morgan fingerprint density at radius 1 is 1.14 bits per heavy atom. The highest BCUT2D eigenvalue weighted by Crippen LogP contribution is 2.51. The van der Waals surface area contributed by atoms with Gasteiger partial charge in [0.2, 0.25) is 11.1 Å². The van der Waals surface area contributed by atoms with Crippen LogP contribution in [0.15, 0.2) is 40.5 Å². The van der Waals surface area contributed by atoms with Gasteiger partial charge in [0.1, 0.15) is 6.54 Å². The number of non-ortho nitro benzene ring substituents is 1. The Morgan fingerprint density at radius 2 is 1.84 bits per heavy atom. The smallest absolute Gasteiger partial charge is 0.377 e. The van der Waals surface area contributed by atoms with Gasteiger partial charge in [-0.2, -0.15) is 30.7 Å². The van der Waals surface area contributed by atoms with Crippen LogP contribution < -0.4 is 10.6 Å². The molecule has 0 spiro atoms. The van der Waals surface area contributed by atoms with E-state index in [2.05, 4.69) is 25.8 Å². The van der Waals surface area contributed by atoms with E-state index < -0.39 is 63.2 Å². The second-order valence-electron chi connectivity index (χ2n) is 8.62. The number of carbonyl (C=O) groups excluding carboxylic acids is 2. The summed E-state index contributed by atoms with van der Waals surface area (Å²) in [5.41, 5.74) is -3.31. The van der Waals surface area contributed by atoms with Gasteiger partial charge in [0.25, 0.3) is 11.6 Å². The van der Waals surface area contributed by atoms with Gasteiger partial charge in [-0.25, -0.2) is 14.1 Å². The Morgan fingerprint density at radius 3 is 2.42 bits per heavy atom. The fourth-order valence-electron chi connectivity index (χ4n) is 3.33. The molecule has 2 N–H and O–H groups in total. The number of nitro groups is 1. The first kappa shape index (κ1) is 31.5. The monoisotopic (exact) mass is 642 g/mol. The molecule has 2 aromatic heterocycles. The zero-order chi connectivity index (χ0) is 31.7. The van der Waals surface area contributed by atoms with E-state index in [0.717, 1.165) is 22.9 Å². The van der Waals surface area contributed by atoms with Crippen molar-refractivity contribution in [2.24, 2.45) is 0 Å². The van der Waals surface area contributed by atoms with Gasteiger partial charge in [0, 0.05) is 28.8 Å². The lowest BCUT2D eigenvalue weighted by molar-refractivity contribution is -0.384. The zero-order valence-corrected chi connectivity index (χ0v) is 21.6. The molecule has 1 saturated heterocycles. The molecule has 1 aliphatic heterocycles. The SMILES string of the molecule is O=C(Cn1nnnc1Sc1ccc([N+](=O)[O-])cc1C(=O)Nc1ncc(C(F)(F)C(F)(F)C(F)(F)F)cc1F)NC1COC1. The number of tetrazole rings is 1. The molecule has 1 fully saturated rings. The molecular formula is C21H14F8N8O5S. The highest BCUT2D eigenvalue weighted by molar-refractivity contribution is 7.99. The number of ether oxygens (including phenoxy) is 1. The number of pyridine rings is 1. The first-order valence-electron chi connectivity index (χ1n) is 11.4. The number of nitrogens with zero attached hydrogens (tertiary/aromatic N) is 6. The normalized spacial score (nSPS) is 14.2. The van der Waals surface area contributed by atoms with Crippen LogP contribution in [0, 0.1) is 15.9 Å². The van der Waals surface area contributed by atoms with Crippen molar-refractivity contribution in [1.82, 2.24) is 30.5 Å². The van der Waals surface area contributed by atoms with Crippen molar-refractivity contribution in [2.45, 2.75) is 40.7 Å². The van der Waals surface area contributed by atoms with E-state index in [9.17, 15) is 54.8 Å². The summed E-state index contributed by atoms with van der Waals surface area (Å²) in [5, 5.41) is 26.4. The van der Waals surface area contributed by atoms with Crippen LogP contribution in [0.3, 0.4) is 0 Å². The van der Waals surface area contributed by atoms with Crippen molar-refractivity contribution in [3.05, 3.63) is 57.5 Å². The third kappa shape index (κ3) is 6.48. The second-order valence-corrected chi connectivity index (χ2v) is 9.62. The molecule has 0 saturated carbocycles. The van der Waals surface area contributed by atoms with Crippen molar-refractivity contribution < 1.29 is 54.4 Å². The van der Waals surface area contributed by atoms with Gasteiger partial charge in [0.05, 0.1) is 29.7 Å². The topological polar surface area (TPSA) is 167 Å². The van der Waals surface area contributed by atoms with Gasteiger partial charge < -0.3 is 15.4 Å². The fraction of sp³-hybridized carbons (Fsp3) is 0.333. The average molecular weight is 642 g/mol. The molecule has 3 aromatic rings. The van der Waals surface area contributed by atoms with Crippen molar-refractivity contribution in [1.29, 1.82) is 0 Å². The van der Waals surface area contributed by atoms with Crippen LogP contribution in [-0.2, 0) is 22.0 Å². The number of hydrogen-bond acceptors (Lipinski definition) is 10. The summed E-state index contributed by atoms with van der Waals surface area (Å²) in [6.07, 6.45) is -6.89. The molecule has 3 heterocycles. The quantitative estimate of drug-likeness (QED) is 0.190. The first-order chi connectivity index (χ1) is 20.0. The summed E-state index contributed by atoms with van der Waals surface area (Å²) in [6.45, 7) is 0.246. The Kier molecular flexibility index (Phi) is 8.53. The summed E-state index contributed by atoms with van der Waals surface area (Å²) in [7, 11) is 0. The lowest BCUT2D eigenvalue weighted by Gasteiger charge is -2.28. The molecule has 13 nitrogen and oxygen atoms in total. The van der Waals surface area contributed by atoms with Gasteiger partial charge >= 0.3 is 18.0 Å². The van der Waals surface area contributed by atoms with Crippen molar-refractivity contribution in [3.8, 4) is 0 Å². The molecule has 230 valence electrons. The van der Waals surface area contributed by atoms with E-state index in [0.29, 0.717) is 25.0 Å². The van der Waals surface area contributed by atoms with E-state index in [1.165, 1.54) is 0 Å². The van der Waals surface area contributed by atoms with Crippen LogP contribution in [0.25, 0.3) is 0 Å². The average Bonchev–Trinajstić information content (AvgIpc) is 3.32. The van der Waals surface area contributed by atoms with Crippen LogP contribution in [-0.4, -0.2) is 73.3 Å². The first-order valence-corrected chi connectivity index (χ1v) is 12.2. The molecule has 43 heavy (non-hydrogen) atoms. The number of nitrogens with one attached hydrogen (secondary N) is 2. The van der Waals surface area contributed by atoms with Crippen molar-refractivity contribution in [3.63, 3.8) is 0 Å². The zero-order valence-electron chi connectivity index (χ0n) is 20.7. The van der Waals surface area contributed by atoms with Crippen LogP contribution in [0.1, 0.15) is 15.9 Å². The van der Waals surface area contributed by atoms with Crippen molar-refractivity contribution >= 4 is 35.1 Å². The molecule has 22 heteroatoms. The van der Waals surface area contributed by atoms with Crippen LogP contribution in [0.4, 0.5) is 46.6 Å². The minimum Gasteiger partial charge on any atom is -0.377 e. The Hall–Kier alpha value is -4.47. The number of benzene rings is 1. The van der Waals surface area contributed by atoms with Crippen LogP contribution in [0.5, 0.6) is 0 Å². The molecular weight excluding hydrogens is 628 g/mol. The van der Waals surface area contributed by atoms with E-state index in [1.54, 1.807) is 5.32 Å². The predicted molar refractivity (Wildman–Crippen MR) is 125 cm³/mol. The molecule has 1 aromatic carbocycles. The summed E-state index contributed by atoms with van der Waals surface area (Å²) in [5.74, 6) is -17.4. The maximum atomic E-state index is 14.5. The lowest BCUT2D eigenvalue weighted by atomic mass is 10.0. The largest absolute Gasteiger partial charge is 0.460 e. The third-order valence-electron chi connectivity index (χ3n) is 5.60. The second kappa shape index (κ2) is 11.7. The number of halogens is 8. The minimum absolute atomic E-state index is 0.0793. The maximum Gasteiger partial charge on any atom is 0.460 e. The fourth-order valence-corrected chi connectivity index (χ4v) is 4.21. The minimum atomic E-state index is -6.69. The summed E-state index contributed by atoms with van der Waals surface area (Å²) >= 11 is 0.638. The summed E-state index contributed by atoms with van der Waals surface area (Å²) < 4.78 is 112. The van der Waals surface area contributed by atoms with Gasteiger partial charge in [-0.1, -0.05) is 0 Å². The number of hydrogen-bond donors (Lipinski definition) is 2. The van der Waals surface area contributed by atoms with Crippen LogP contribution in [0.2, 0.25) is 0 Å². The summed E-state index contributed by atoms with van der Waals surface area (Å²) in [4.78, 5) is 38.5. The molecule has 0 atom stereocenters. The molecule has 0 bridgehead atoms. The third-order valence-corrected chi connectivity index (χ3v) is 6.65. The Balaban J connectivity index is 1.58. The Bertz CT molecular complexity index is 1570. The van der Waals surface area contributed by atoms with Crippen molar-refractivity contribution in [2.75, 3.05) is 18.5 Å². The Labute approximate surface area is 237 Å². The molecule has 0 aliphatic carbocycles. The highest BCUT2D eigenvalue weighted by Gasteiger charge is 2.73. The molecule has 0 unspecified atom stereocenters. The molecule has 2 amide bonds. The van der Waals surface area contributed by atoms with E-state index in [-0.39, 0.29) is 34.9 Å². The molecule has 1 aliphatic rings. The number of aromatic nitrogens is 5. The van der Waals surface area contributed by atoms with Gasteiger partial charge in [-0.3, -0.25) is 19.7 Å². The lowest BCUT2D eigenvalue weighted by Crippen LogP contribution is -2.50. The van der Waals surface area contributed by atoms with E-state index in [1.807, 2.05) is 0 Å². The number of alkyl halides is 7. The number of rotatable bonds is 10. The van der Waals surface area contributed by atoms with Gasteiger partial charge in [-0.05, 0) is 34.3 Å². The van der Waals surface area contributed by atoms with Crippen LogP contribution >= 0.6 is 11.8 Å². The van der Waals surface area contributed by atoms with Gasteiger partial charge in [-0.15, -0.1) is 5.10 Å². The van der Waals surface area contributed by atoms with E-state index in [4.69, 9.17) is 4.74 Å². The number of amides is 2. The number of anilines is 1. The van der Waals surface area contributed by atoms with E-state index >= 15 is 0 Å². The predicted octanol–water partition coefficient (Wildman–Crippen LogP) is 3.32. The highest BCUT2D eigenvalue weighted by atomic mass is 32.2. The number of nitro benzene ring substituents is 1. The number of carbonyl (C=O) groups is 2.